The van der Waals surface area contributed by atoms with E-state index in [9.17, 15) is 0 Å². The first-order chi connectivity index (χ1) is 13.3. The maximum absolute atomic E-state index is 4.50. The van der Waals surface area contributed by atoms with Gasteiger partial charge in [0.15, 0.2) is 11.6 Å². The van der Waals surface area contributed by atoms with E-state index in [0.717, 1.165) is 49.9 Å². The van der Waals surface area contributed by atoms with Crippen LogP contribution in [0.2, 0.25) is 0 Å². The summed E-state index contributed by atoms with van der Waals surface area (Å²) in [5, 5.41) is 12.0. The lowest BCUT2D eigenvalue weighted by molar-refractivity contribution is 0.189. The van der Waals surface area contributed by atoms with Crippen molar-refractivity contribution >= 4 is 35.6 Å². The summed E-state index contributed by atoms with van der Waals surface area (Å²) in [7, 11) is 1.85. The van der Waals surface area contributed by atoms with E-state index in [2.05, 4.69) is 48.1 Å². The predicted octanol–water partition coefficient (Wildman–Crippen LogP) is 2.24. The summed E-state index contributed by atoms with van der Waals surface area (Å²) in [4.78, 5) is 11.0. The molecule has 28 heavy (non-hydrogen) atoms. The molecule has 1 aliphatic rings. The number of guanidine groups is 1. The number of nitrogens with one attached hydrogen (secondary N) is 1. The molecule has 0 radical (unpaired) electrons. The molecule has 4 rings (SSSR count). The van der Waals surface area contributed by atoms with Crippen molar-refractivity contribution in [3.8, 4) is 0 Å². The second-order valence-electron chi connectivity index (χ2n) is 7.06. The highest BCUT2D eigenvalue weighted by atomic mass is 127. The fraction of sp³-hybridized carbons (Fsp3) is 0.474. The van der Waals surface area contributed by atoms with Crippen molar-refractivity contribution in [3.05, 3.63) is 48.9 Å². The monoisotopic (exact) mass is 494 g/mol. The summed E-state index contributed by atoms with van der Waals surface area (Å²) in [5.74, 6) is 2.52. The smallest absolute Gasteiger partial charge is 0.193 e. The van der Waals surface area contributed by atoms with Crippen LogP contribution in [-0.4, -0.2) is 61.7 Å². The Morgan fingerprint density at radius 2 is 2.18 bits per heavy atom. The van der Waals surface area contributed by atoms with Gasteiger partial charge in [-0.1, -0.05) is 13.0 Å². The Morgan fingerprint density at radius 1 is 1.29 bits per heavy atom. The van der Waals surface area contributed by atoms with Crippen molar-refractivity contribution in [2.75, 3.05) is 26.7 Å². The van der Waals surface area contributed by atoms with Crippen LogP contribution in [-0.2, 0) is 6.42 Å². The van der Waals surface area contributed by atoms with E-state index in [4.69, 9.17) is 0 Å². The molecule has 3 aromatic heterocycles. The lowest BCUT2D eigenvalue weighted by Gasteiger charge is -2.39. The van der Waals surface area contributed by atoms with E-state index in [-0.39, 0.29) is 24.0 Å². The Morgan fingerprint density at radius 3 is 2.96 bits per heavy atom. The molecule has 1 fully saturated rings. The summed E-state index contributed by atoms with van der Waals surface area (Å²) in [6, 6.07) is 6.35. The molecule has 8 nitrogen and oxygen atoms in total. The molecule has 0 spiro atoms. The first kappa shape index (κ1) is 20.6. The first-order valence-electron chi connectivity index (χ1n) is 9.48. The van der Waals surface area contributed by atoms with E-state index < -0.39 is 0 Å². The molecule has 4 heterocycles. The van der Waals surface area contributed by atoms with E-state index >= 15 is 0 Å². The summed E-state index contributed by atoms with van der Waals surface area (Å²) in [5.41, 5.74) is 0.880. The van der Waals surface area contributed by atoms with Crippen molar-refractivity contribution < 1.29 is 0 Å². The zero-order chi connectivity index (χ0) is 18.6. The number of aromatic nitrogens is 5. The zero-order valence-corrected chi connectivity index (χ0v) is 18.6. The second kappa shape index (κ2) is 9.35. The van der Waals surface area contributed by atoms with Gasteiger partial charge in [-0.05, 0) is 24.5 Å². The van der Waals surface area contributed by atoms with Gasteiger partial charge in [0.1, 0.15) is 5.82 Å². The molecule has 0 saturated carbocycles. The number of hydrogen-bond donors (Lipinski definition) is 1. The lowest BCUT2D eigenvalue weighted by atomic mass is 9.93. The van der Waals surface area contributed by atoms with Crippen LogP contribution < -0.4 is 5.32 Å². The van der Waals surface area contributed by atoms with Crippen LogP contribution in [0.25, 0.3) is 5.65 Å². The Kier molecular flexibility index (Phi) is 6.87. The van der Waals surface area contributed by atoms with Crippen molar-refractivity contribution in [3.63, 3.8) is 0 Å². The summed E-state index contributed by atoms with van der Waals surface area (Å²) < 4.78 is 4.24. The Hall–Kier alpha value is -2.17. The third-order valence-corrected chi connectivity index (χ3v) is 5.35. The van der Waals surface area contributed by atoms with Gasteiger partial charge in [0, 0.05) is 51.7 Å². The molecule has 0 aromatic carbocycles. The van der Waals surface area contributed by atoms with Crippen LogP contribution in [0.5, 0.6) is 0 Å². The van der Waals surface area contributed by atoms with Crippen LogP contribution in [0.15, 0.2) is 48.1 Å². The molecule has 9 heteroatoms. The first-order valence-corrected chi connectivity index (χ1v) is 9.48. The van der Waals surface area contributed by atoms with Gasteiger partial charge in [-0.15, -0.1) is 34.2 Å². The molecule has 1 N–H and O–H groups in total. The largest absolute Gasteiger partial charge is 0.356 e. The average molecular weight is 494 g/mol. The zero-order valence-electron chi connectivity index (χ0n) is 16.3. The second-order valence-corrected chi connectivity index (χ2v) is 7.06. The Labute approximate surface area is 182 Å². The number of pyridine rings is 1. The highest BCUT2D eigenvalue weighted by Crippen LogP contribution is 2.27. The predicted molar refractivity (Wildman–Crippen MR) is 120 cm³/mol. The summed E-state index contributed by atoms with van der Waals surface area (Å²) in [6.07, 6.45) is 9.75. The minimum absolute atomic E-state index is 0. The van der Waals surface area contributed by atoms with Crippen molar-refractivity contribution in [2.45, 2.75) is 25.8 Å². The molecular formula is C19H27IN8. The minimum Gasteiger partial charge on any atom is -0.356 e. The molecule has 0 amide bonds. The third-order valence-electron chi connectivity index (χ3n) is 5.35. The highest BCUT2D eigenvalue weighted by Gasteiger charge is 2.28. The molecule has 150 valence electrons. The topological polar surface area (TPSA) is 75.6 Å². The number of likely N-dealkylation sites (tertiary alicyclic amines) is 1. The number of hydrogen-bond acceptors (Lipinski definition) is 4. The minimum atomic E-state index is 0. The van der Waals surface area contributed by atoms with Crippen LogP contribution >= 0.6 is 24.0 Å². The number of nitrogens with zero attached hydrogens (tertiary/aromatic N) is 7. The van der Waals surface area contributed by atoms with Crippen LogP contribution in [0.1, 0.15) is 25.2 Å². The van der Waals surface area contributed by atoms with Gasteiger partial charge in [-0.25, -0.2) is 4.98 Å². The number of rotatable bonds is 4. The van der Waals surface area contributed by atoms with Crippen molar-refractivity contribution in [2.24, 2.45) is 10.9 Å². The van der Waals surface area contributed by atoms with Gasteiger partial charge in [0.25, 0.3) is 0 Å². The van der Waals surface area contributed by atoms with E-state index in [1.54, 1.807) is 0 Å². The lowest BCUT2D eigenvalue weighted by Crippen LogP contribution is -2.49. The Balaban J connectivity index is 0.00000225. The van der Waals surface area contributed by atoms with Crippen LogP contribution in [0.4, 0.5) is 0 Å². The van der Waals surface area contributed by atoms with Crippen molar-refractivity contribution in [1.29, 1.82) is 0 Å². The molecule has 1 saturated heterocycles. The van der Waals surface area contributed by atoms with E-state index in [1.807, 2.05) is 48.4 Å². The van der Waals surface area contributed by atoms with Gasteiger partial charge < -0.3 is 14.8 Å². The van der Waals surface area contributed by atoms with Gasteiger partial charge in [-0.3, -0.25) is 9.39 Å². The summed E-state index contributed by atoms with van der Waals surface area (Å²) in [6.45, 7) is 5.03. The fourth-order valence-corrected chi connectivity index (χ4v) is 3.77. The number of fused-ring (bicyclic) bond motifs is 1. The Bertz CT molecular complexity index is 904. The quantitative estimate of drug-likeness (QED) is 0.342. The number of aliphatic imine (C=N–C) groups is 1. The summed E-state index contributed by atoms with van der Waals surface area (Å²) >= 11 is 0. The fourth-order valence-electron chi connectivity index (χ4n) is 3.77. The number of halogens is 1. The standard InChI is InChI=1S/C19H26N8.HI/c1-15-7-11-25(13-16(15)26-12-9-21-14-26)19(20-2)22-8-6-18-24-23-17-5-3-4-10-27(17)18;/h3-5,9-10,12,14-16H,6-8,11,13H2,1-2H3,(H,20,22);1H. The van der Waals surface area contributed by atoms with Crippen LogP contribution in [0, 0.1) is 5.92 Å². The van der Waals surface area contributed by atoms with Crippen molar-refractivity contribution in [1.82, 2.24) is 34.4 Å². The van der Waals surface area contributed by atoms with Gasteiger partial charge >= 0.3 is 0 Å². The van der Waals surface area contributed by atoms with Gasteiger partial charge in [0.05, 0.1) is 12.4 Å². The van der Waals surface area contributed by atoms with E-state index in [0.29, 0.717) is 12.0 Å². The number of piperidine rings is 1. The maximum atomic E-state index is 4.50. The third kappa shape index (κ3) is 4.29. The number of imidazole rings is 1. The van der Waals surface area contributed by atoms with Crippen LogP contribution in [0.3, 0.4) is 0 Å². The molecule has 0 aliphatic carbocycles. The maximum Gasteiger partial charge on any atom is 0.193 e. The average Bonchev–Trinajstić information content (AvgIpc) is 3.36. The molecular weight excluding hydrogens is 467 g/mol. The van der Waals surface area contributed by atoms with Gasteiger partial charge in [-0.2, -0.15) is 0 Å². The normalized spacial score (nSPS) is 20.2. The van der Waals surface area contributed by atoms with E-state index in [1.165, 1.54) is 0 Å². The van der Waals surface area contributed by atoms with Gasteiger partial charge in [0.2, 0.25) is 0 Å². The molecule has 1 aliphatic heterocycles. The molecule has 2 atom stereocenters. The molecule has 0 bridgehead atoms. The molecule has 3 aromatic rings. The highest BCUT2D eigenvalue weighted by molar-refractivity contribution is 14.0. The molecule has 2 unspecified atom stereocenters. The SMILES string of the molecule is CN=C(NCCc1nnc2ccccn12)N1CCC(C)C(n2ccnc2)C1.I.